The number of rotatable bonds is 33. The van der Waals surface area contributed by atoms with Crippen LogP contribution < -0.4 is 0 Å². The van der Waals surface area contributed by atoms with Crippen molar-refractivity contribution >= 4 is 11.9 Å². The number of ether oxygens (including phenoxy) is 2. The van der Waals surface area contributed by atoms with Gasteiger partial charge in [0, 0.05) is 12.8 Å². The molecule has 0 radical (unpaired) electrons. The summed E-state index contributed by atoms with van der Waals surface area (Å²) >= 11 is 0. The van der Waals surface area contributed by atoms with Crippen LogP contribution >= 0.6 is 0 Å². The molecule has 0 saturated carbocycles. The molecule has 0 aliphatic heterocycles. The zero-order valence-corrected chi connectivity index (χ0v) is 28.9. The van der Waals surface area contributed by atoms with E-state index in [9.17, 15) is 14.7 Å². The lowest BCUT2D eigenvalue weighted by molar-refractivity contribution is -0.152. The molecule has 5 heteroatoms. The van der Waals surface area contributed by atoms with E-state index in [2.05, 4.69) is 50.3 Å². The van der Waals surface area contributed by atoms with E-state index in [4.69, 9.17) is 9.47 Å². The van der Waals surface area contributed by atoms with Crippen LogP contribution in [0.4, 0.5) is 0 Å². The summed E-state index contributed by atoms with van der Waals surface area (Å²) in [5.41, 5.74) is 0. The summed E-state index contributed by atoms with van der Waals surface area (Å²) in [6.07, 6.45) is 41.9. The molecule has 1 atom stereocenters. The summed E-state index contributed by atoms with van der Waals surface area (Å²) in [4.78, 5) is 23.9. The third-order valence-corrected chi connectivity index (χ3v) is 7.85. The molecule has 0 fully saturated rings. The van der Waals surface area contributed by atoms with E-state index >= 15 is 0 Å². The second kappa shape index (κ2) is 35.6. The molecule has 0 spiro atoms. The molecular weight excluding hydrogens is 548 g/mol. The first-order chi connectivity index (χ1) is 21.6. The van der Waals surface area contributed by atoms with Gasteiger partial charge in [-0.15, -0.1) is 0 Å². The third kappa shape index (κ3) is 34.6. The first-order valence-electron chi connectivity index (χ1n) is 18.5. The van der Waals surface area contributed by atoms with Gasteiger partial charge in [0.25, 0.3) is 0 Å². The maximum atomic E-state index is 11.9. The van der Waals surface area contributed by atoms with Crippen LogP contribution in [0.5, 0.6) is 0 Å². The Morgan fingerprint density at radius 1 is 0.477 bits per heavy atom. The minimum atomic E-state index is -0.971. The van der Waals surface area contributed by atoms with Crippen LogP contribution in [0.1, 0.15) is 181 Å². The Bertz CT molecular complexity index is 711. The Kier molecular flexibility index (Phi) is 34.1. The fraction of sp³-hybridized carbons (Fsp3) is 0.795. The predicted molar refractivity (Wildman–Crippen MR) is 187 cm³/mol. The average Bonchev–Trinajstić information content (AvgIpc) is 3.02. The maximum absolute atomic E-state index is 11.9. The Morgan fingerprint density at radius 3 is 1.23 bits per heavy atom. The van der Waals surface area contributed by atoms with E-state index in [1.807, 2.05) is 0 Å². The molecule has 0 saturated heterocycles. The van der Waals surface area contributed by atoms with Gasteiger partial charge in [0.05, 0.1) is 0 Å². The number of hydrogen-bond acceptors (Lipinski definition) is 5. The Balaban J connectivity index is 3.48. The van der Waals surface area contributed by atoms with Crippen molar-refractivity contribution in [2.24, 2.45) is 0 Å². The lowest BCUT2D eigenvalue weighted by Gasteiger charge is -2.12. The van der Waals surface area contributed by atoms with Gasteiger partial charge in [0.15, 0.2) is 0 Å². The van der Waals surface area contributed by atoms with Crippen LogP contribution in [0.25, 0.3) is 0 Å². The average molecular weight is 619 g/mol. The van der Waals surface area contributed by atoms with Gasteiger partial charge in [-0.05, 0) is 70.6 Å². The number of carbonyl (C=O) groups excluding carboxylic acids is 2. The topological polar surface area (TPSA) is 72.8 Å². The molecule has 0 heterocycles. The molecule has 0 aromatic heterocycles. The second-order valence-corrected chi connectivity index (χ2v) is 12.3. The Morgan fingerprint density at radius 2 is 0.795 bits per heavy atom. The molecular formula is C39H70O5. The largest absolute Gasteiger partial charge is 0.463 e. The number of carbonyl (C=O) groups is 2. The summed E-state index contributed by atoms with van der Waals surface area (Å²) < 4.78 is 10.3. The predicted octanol–water partition coefficient (Wildman–Crippen LogP) is 11.3. The number of aliphatic hydroxyl groups is 1. The minimum absolute atomic E-state index is 0.124. The van der Waals surface area contributed by atoms with Crippen LogP contribution in [-0.2, 0) is 19.1 Å². The van der Waals surface area contributed by atoms with Gasteiger partial charge in [0.1, 0.15) is 19.3 Å². The normalized spacial score (nSPS) is 12.5. The number of allylic oxidation sites excluding steroid dienone is 6. The summed E-state index contributed by atoms with van der Waals surface area (Å²) in [7, 11) is 0. The zero-order chi connectivity index (χ0) is 32.2. The highest BCUT2D eigenvalue weighted by molar-refractivity contribution is 5.69. The number of aliphatic hydroxyl groups excluding tert-OH is 1. The number of hydrogen-bond donors (Lipinski definition) is 1. The molecule has 256 valence electrons. The molecule has 1 N–H and O–H groups in total. The highest BCUT2D eigenvalue weighted by Gasteiger charge is 2.12. The quantitative estimate of drug-likeness (QED) is 0.0450. The standard InChI is InChI=1S/C39H70O5/c1-3-5-7-9-11-13-15-17-19-21-23-25-27-29-31-33-38(41)43-35-37(40)36-44-39(42)34-32-30-28-26-24-22-20-18-16-14-12-10-8-6-4-2/h11,13,17-20,37,40H,3-10,12,14-16,21-36H2,1-2H3/b13-11+,19-17-,20-18-/t37-/m1/s1. The van der Waals surface area contributed by atoms with Crippen LogP contribution in [0.3, 0.4) is 0 Å². The molecule has 0 aromatic rings. The van der Waals surface area contributed by atoms with E-state index in [-0.39, 0.29) is 25.2 Å². The van der Waals surface area contributed by atoms with Crippen LogP contribution in [0.2, 0.25) is 0 Å². The van der Waals surface area contributed by atoms with Crippen molar-refractivity contribution in [3.05, 3.63) is 36.5 Å². The lowest BCUT2D eigenvalue weighted by atomic mass is 10.1. The van der Waals surface area contributed by atoms with Gasteiger partial charge in [-0.25, -0.2) is 0 Å². The highest BCUT2D eigenvalue weighted by Crippen LogP contribution is 2.11. The monoisotopic (exact) mass is 619 g/mol. The van der Waals surface area contributed by atoms with Gasteiger partial charge in [-0.2, -0.15) is 0 Å². The molecule has 0 bridgehead atoms. The second-order valence-electron chi connectivity index (χ2n) is 12.3. The molecule has 0 aromatic carbocycles. The van der Waals surface area contributed by atoms with Gasteiger partial charge in [-0.3, -0.25) is 9.59 Å². The van der Waals surface area contributed by atoms with Crippen LogP contribution in [-0.4, -0.2) is 36.4 Å². The van der Waals surface area contributed by atoms with E-state index in [1.54, 1.807) is 0 Å². The van der Waals surface area contributed by atoms with Crippen molar-refractivity contribution in [1.29, 1.82) is 0 Å². The van der Waals surface area contributed by atoms with Crippen LogP contribution in [0.15, 0.2) is 36.5 Å². The molecule has 0 aliphatic carbocycles. The molecule has 0 rings (SSSR count). The fourth-order valence-electron chi connectivity index (χ4n) is 4.99. The SMILES string of the molecule is CCCCC/C=C/C/C=C\CCCCCCCC(=O)OC[C@@H](O)COC(=O)CCCCCCC/C=C\CCCCCCCC. The van der Waals surface area contributed by atoms with Gasteiger partial charge >= 0.3 is 11.9 Å². The van der Waals surface area contributed by atoms with Crippen molar-refractivity contribution in [3.8, 4) is 0 Å². The summed E-state index contributed by atoms with van der Waals surface area (Å²) in [5.74, 6) is -0.590. The molecule has 0 amide bonds. The summed E-state index contributed by atoms with van der Waals surface area (Å²) in [6, 6.07) is 0. The summed E-state index contributed by atoms with van der Waals surface area (Å²) in [5, 5.41) is 9.99. The maximum Gasteiger partial charge on any atom is 0.305 e. The van der Waals surface area contributed by atoms with Crippen molar-refractivity contribution < 1.29 is 24.2 Å². The van der Waals surface area contributed by atoms with E-state index in [1.165, 1.54) is 96.3 Å². The third-order valence-electron chi connectivity index (χ3n) is 7.85. The van der Waals surface area contributed by atoms with Crippen molar-refractivity contribution in [2.45, 2.75) is 187 Å². The van der Waals surface area contributed by atoms with Crippen molar-refractivity contribution in [1.82, 2.24) is 0 Å². The van der Waals surface area contributed by atoms with E-state index in [0.29, 0.717) is 12.8 Å². The Hall–Kier alpha value is -1.88. The highest BCUT2D eigenvalue weighted by atomic mass is 16.6. The molecule has 5 nitrogen and oxygen atoms in total. The van der Waals surface area contributed by atoms with E-state index in [0.717, 1.165) is 57.8 Å². The Labute approximate surface area is 272 Å². The zero-order valence-electron chi connectivity index (χ0n) is 28.9. The number of esters is 2. The van der Waals surface area contributed by atoms with Gasteiger partial charge in [0.2, 0.25) is 0 Å². The molecule has 44 heavy (non-hydrogen) atoms. The lowest BCUT2D eigenvalue weighted by Crippen LogP contribution is -2.25. The summed E-state index contributed by atoms with van der Waals surface area (Å²) in [6.45, 7) is 4.24. The first-order valence-corrected chi connectivity index (χ1v) is 18.5. The molecule has 0 aliphatic rings. The smallest absolute Gasteiger partial charge is 0.305 e. The van der Waals surface area contributed by atoms with Gasteiger partial charge < -0.3 is 14.6 Å². The molecule has 0 unspecified atom stereocenters. The van der Waals surface area contributed by atoms with E-state index < -0.39 is 6.10 Å². The number of unbranched alkanes of at least 4 members (excludes halogenated alkanes) is 19. The minimum Gasteiger partial charge on any atom is -0.463 e. The first kappa shape index (κ1) is 42.1. The van der Waals surface area contributed by atoms with Crippen LogP contribution in [0, 0.1) is 0 Å². The van der Waals surface area contributed by atoms with Crippen molar-refractivity contribution in [3.63, 3.8) is 0 Å². The van der Waals surface area contributed by atoms with Gasteiger partial charge in [-0.1, -0.05) is 134 Å². The van der Waals surface area contributed by atoms with Crippen molar-refractivity contribution in [2.75, 3.05) is 13.2 Å². The fourth-order valence-corrected chi connectivity index (χ4v) is 4.99.